The molecule has 1 fully saturated rings. The lowest BCUT2D eigenvalue weighted by molar-refractivity contribution is -0.384. The van der Waals surface area contributed by atoms with Crippen molar-refractivity contribution in [3.05, 3.63) is 28.6 Å². The second-order valence-electron chi connectivity index (χ2n) is 4.87. The molecule has 1 aliphatic heterocycles. The predicted molar refractivity (Wildman–Crippen MR) is 62.3 cm³/mol. The summed E-state index contributed by atoms with van der Waals surface area (Å²) in [7, 11) is 0. The maximum absolute atomic E-state index is 13.0. The fraction of sp³-hybridized carbons (Fsp3) is 0.545. The molecule has 0 amide bonds. The van der Waals surface area contributed by atoms with E-state index in [4.69, 9.17) is 0 Å². The average Bonchev–Trinajstić information content (AvgIpc) is 2.84. The summed E-state index contributed by atoms with van der Waals surface area (Å²) in [4.78, 5) is 14.1. The summed E-state index contributed by atoms with van der Waals surface area (Å²) < 4.78 is 77.8. The zero-order chi connectivity index (χ0) is 16.8. The molecule has 0 aliphatic carbocycles. The second kappa shape index (κ2) is 4.99. The van der Waals surface area contributed by atoms with E-state index in [0.717, 1.165) is 23.4 Å². The average molecular weight is 329 g/mol. The van der Waals surface area contributed by atoms with Crippen molar-refractivity contribution < 1.29 is 31.3 Å². The minimum absolute atomic E-state index is 0.310. The van der Waals surface area contributed by atoms with Gasteiger partial charge in [-0.15, -0.1) is 0 Å². The SMILES string of the molecule is O=[N+]([O-])c1cnccc1N1CCC(C(F)(F)F)(C(F)(F)F)C1. The highest BCUT2D eigenvalue weighted by atomic mass is 19.4. The number of rotatable bonds is 2. The molecule has 0 saturated carbocycles. The van der Waals surface area contributed by atoms with Crippen molar-refractivity contribution in [2.75, 3.05) is 18.0 Å². The lowest BCUT2D eigenvalue weighted by Crippen LogP contribution is -2.51. The van der Waals surface area contributed by atoms with Gasteiger partial charge < -0.3 is 4.90 Å². The topological polar surface area (TPSA) is 59.3 Å². The van der Waals surface area contributed by atoms with Gasteiger partial charge in [0.15, 0.2) is 5.41 Å². The number of nitrogens with zero attached hydrogens (tertiary/aromatic N) is 3. The van der Waals surface area contributed by atoms with Crippen LogP contribution < -0.4 is 4.90 Å². The largest absolute Gasteiger partial charge is 0.404 e. The Morgan fingerprint density at radius 3 is 2.27 bits per heavy atom. The first-order valence-corrected chi connectivity index (χ1v) is 5.96. The lowest BCUT2D eigenvalue weighted by atomic mass is 9.85. The van der Waals surface area contributed by atoms with Crippen LogP contribution in [-0.4, -0.2) is 35.3 Å². The molecule has 22 heavy (non-hydrogen) atoms. The molecule has 0 spiro atoms. The van der Waals surface area contributed by atoms with Crippen molar-refractivity contribution in [3.8, 4) is 0 Å². The van der Waals surface area contributed by atoms with E-state index in [0.29, 0.717) is 0 Å². The van der Waals surface area contributed by atoms with Gasteiger partial charge in [0.2, 0.25) is 0 Å². The van der Waals surface area contributed by atoms with Crippen molar-refractivity contribution >= 4 is 11.4 Å². The van der Waals surface area contributed by atoms with E-state index in [1.54, 1.807) is 0 Å². The molecule has 122 valence electrons. The molecular formula is C11H9F6N3O2. The van der Waals surface area contributed by atoms with Crippen LogP contribution in [0.2, 0.25) is 0 Å². The Bertz CT molecular complexity index is 572. The summed E-state index contributed by atoms with van der Waals surface area (Å²) in [6.45, 7) is -2.01. The maximum Gasteiger partial charge on any atom is 0.404 e. The highest BCUT2D eigenvalue weighted by Gasteiger charge is 2.72. The van der Waals surface area contributed by atoms with Crippen LogP contribution in [0.15, 0.2) is 18.5 Å². The van der Waals surface area contributed by atoms with E-state index in [1.165, 1.54) is 0 Å². The van der Waals surface area contributed by atoms with Crippen LogP contribution in [0.4, 0.5) is 37.7 Å². The monoisotopic (exact) mass is 329 g/mol. The van der Waals surface area contributed by atoms with Crippen LogP contribution in [0.5, 0.6) is 0 Å². The number of anilines is 1. The maximum atomic E-state index is 13.0. The molecule has 0 aromatic carbocycles. The molecule has 1 aromatic rings. The number of halogens is 6. The highest BCUT2D eigenvalue weighted by molar-refractivity contribution is 5.62. The van der Waals surface area contributed by atoms with E-state index >= 15 is 0 Å². The Morgan fingerprint density at radius 2 is 1.82 bits per heavy atom. The molecule has 0 bridgehead atoms. The van der Waals surface area contributed by atoms with Gasteiger partial charge in [0.25, 0.3) is 0 Å². The van der Waals surface area contributed by atoms with Crippen LogP contribution >= 0.6 is 0 Å². The van der Waals surface area contributed by atoms with Crippen LogP contribution in [-0.2, 0) is 0 Å². The second-order valence-corrected chi connectivity index (χ2v) is 4.87. The molecule has 2 rings (SSSR count). The molecule has 5 nitrogen and oxygen atoms in total. The van der Waals surface area contributed by atoms with Gasteiger partial charge in [-0.25, -0.2) is 0 Å². The van der Waals surface area contributed by atoms with Gasteiger partial charge in [0, 0.05) is 19.3 Å². The Kier molecular flexibility index (Phi) is 3.70. The summed E-state index contributed by atoms with van der Waals surface area (Å²) >= 11 is 0. The van der Waals surface area contributed by atoms with Crippen LogP contribution in [0.25, 0.3) is 0 Å². The summed E-state index contributed by atoms with van der Waals surface area (Å²) in [5.41, 5.74) is -4.84. The van der Waals surface area contributed by atoms with Gasteiger partial charge in [-0.3, -0.25) is 15.1 Å². The number of hydrogen-bond acceptors (Lipinski definition) is 4. The summed E-state index contributed by atoms with van der Waals surface area (Å²) in [5.74, 6) is 0. The van der Waals surface area contributed by atoms with Crippen molar-refractivity contribution in [2.45, 2.75) is 18.8 Å². The van der Waals surface area contributed by atoms with Crippen molar-refractivity contribution in [3.63, 3.8) is 0 Å². The van der Waals surface area contributed by atoms with E-state index < -0.39 is 47.9 Å². The molecule has 0 N–H and O–H groups in total. The number of aromatic nitrogens is 1. The van der Waals surface area contributed by atoms with E-state index in [-0.39, 0.29) is 5.69 Å². The molecule has 0 radical (unpaired) electrons. The zero-order valence-electron chi connectivity index (χ0n) is 10.8. The fourth-order valence-electron chi connectivity index (χ4n) is 2.43. The van der Waals surface area contributed by atoms with Gasteiger partial charge in [-0.2, -0.15) is 26.3 Å². The van der Waals surface area contributed by atoms with Gasteiger partial charge >= 0.3 is 18.0 Å². The summed E-state index contributed by atoms with van der Waals surface area (Å²) in [5, 5.41) is 10.8. The van der Waals surface area contributed by atoms with Gasteiger partial charge in [0.1, 0.15) is 11.9 Å². The van der Waals surface area contributed by atoms with Crippen LogP contribution in [0, 0.1) is 15.5 Å². The number of pyridine rings is 1. The minimum Gasteiger partial charge on any atom is -0.365 e. The molecule has 11 heteroatoms. The van der Waals surface area contributed by atoms with Gasteiger partial charge in [0.05, 0.1) is 4.92 Å². The van der Waals surface area contributed by atoms with Crippen molar-refractivity contribution in [1.29, 1.82) is 0 Å². The Hall–Kier alpha value is -2.07. The standard InChI is InChI=1S/C11H9F6N3O2/c12-10(13,14)9(11(15,16)17)2-4-19(6-9)7-1-3-18-5-8(7)20(21)22/h1,3,5H,2,4,6H2. The first-order valence-electron chi connectivity index (χ1n) is 5.96. The molecule has 1 aliphatic rings. The van der Waals surface area contributed by atoms with E-state index in [1.807, 2.05) is 0 Å². The van der Waals surface area contributed by atoms with Crippen LogP contribution in [0.3, 0.4) is 0 Å². The third-order valence-corrected chi connectivity index (χ3v) is 3.67. The Balaban J connectivity index is 2.42. The first kappa shape index (κ1) is 16.3. The third-order valence-electron chi connectivity index (χ3n) is 3.67. The Labute approximate surface area is 119 Å². The summed E-state index contributed by atoms with van der Waals surface area (Å²) in [6, 6.07) is 1.03. The molecule has 0 atom stereocenters. The number of alkyl halides is 6. The fourth-order valence-corrected chi connectivity index (χ4v) is 2.43. The van der Waals surface area contributed by atoms with Crippen LogP contribution in [0.1, 0.15) is 6.42 Å². The van der Waals surface area contributed by atoms with E-state index in [9.17, 15) is 36.5 Å². The molecule has 0 unspecified atom stereocenters. The van der Waals surface area contributed by atoms with Crippen molar-refractivity contribution in [2.24, 2.45) is 5.41 Å². The number of nitro groups is 1. The first-order chi connectivity index (χ1) is 9.99. The molecule has 1 saturated heterocycles. The molecular weight excluding hydrogens is 320 g/mol. The third kappa shape index (κ3) is 2.44. The highest BCUT2D eigenvalue weighted by Crippen LogP contribution is 2.56. The smallest absolute Gasteiger partial charge is 0.365 e. The minimum atomic E-state index is -5.50. The zero-order valence-corrected chi connectivity index (χ0v) is 10.8. The predicted octanol–water partition coefficient (Wildman–Crippen LogP) is 3.31. The van der Waals surface area contributed by atoms with Gasteiger partial charge in [-0.1, -0.05) is 0 Å². The number of hydrogen-bond donors (Lipinski definition) is 0. The Morgan fingerprint density at radius 1 is 1.23 bits per heavy atom. The molecule has 2 heterocycles. The van der Waals surface area contributed by atoms with Gasteiger partial charge in [-0.05, 0) is 12.5 Å². The lowest BCUT2D eigenvalue weighted by Gasteiger charge is -2.33. The van der Waals surface area contributed by atoms with E-state index in [2.05, 4.69) is 4.98 Å². The quantitative estimate of drug-likeness (QED) is 0.474. The summed E-state index contributed by atoms with van der Waals surface area (Å²) in [6.07, 6.45) is -10.3. The normalized spacial score (nSPS) is 18.5. The van der Waals surface area contributed by atoms with Crippen molar-refractivity contribution in [1.82, 2.24) is 4.98 Å². The molecule has 1 aromatic heterocycles.